The first kappa shape index (κ1) is 34.4. The Kier molecular flexibility index (Phi) is 12.8. The molecule has 0 spiro atoms. The first-order valence-electron chi connectivity index (χ1n) is 15.9. The summed E-state index contributed by atoms with van der Waals surface area (Å²) >= 11 is 0. The molecule has 0 amide bonds. The van der Waals surface area contributed by atoms with Crippen molar-refractivity contribution in [2.45, 2.75) is 6.92 Å². The summed E-state index contributed by atoms with van der Waals surface area (Å²) in [6.45, 7) is 5.53. The lowest BCUT2D eigenvalue weighted by Crippen LogP contribution is -2.14. The maximum atomic E-state index is 11.9. The van der Waals surface area contributed by atoms with Crippen molar-refractivity contribution in [3.63, 3.8) is 0 Å². The minimum Gasteiger partial charge on any atom is -0.491 e. The van der Waals surface area contributed by atoms with Crippen LogP contribution in [0.3, 0.4) is 0 Å². The lowest BCUT2D eigenvalue weighted by Gasteiger charge is -2.10. The van der Waals surface area contributed by atoms with Gasteiger partial charge in [0.1, 0.15) is 18.0 Å². The van der Waals surface area contributed by atoms with Gasteiger partial charge in [-0.1, -0.05) is 42.5 Å². The van der Waals surface area contributed by atoms with E-state index in [1.807, 2.05) is 95.7 Å². The molecule has 5 aromatic rings. The van der Waals surface area contributed by atoms with Crippen LogP contribution < -0.4 is 4.74 Å². The van der Waals surface area contributed by atoms with Crippen molar-refractivity contribution in [1.82, 2.24) is 9.38 Å². The van der Waals surface area contributed by atoms with E-state index < -0.39 is 0 Å². The van der Waals surface area contributed by atoms with Gasteiger partial charge < -0.3 is 33.2 Å². The summed E-state index contributed by atoms with van der Waals surface area (Å²) in [5, 5.41) is 18.4. The van der Waals surface area contributed by atoms with Crippen LogP contribution in [0, 0.1) is 11.3 Å². The van der Waals surface area contributed by atoms with Crippen molar-refractivity contribution in [3.8, 4) is 45.3 Å². The first-order chi connectivity index (χ1) is 23.6. The van der Waals surface area contributed by atoms with E-state index in [2.05, 4.69) is 6.07 Å². The molecule has 10 nitrogen and oxygen atoms in total. The maximum absolute atomic E-state index is 11.9. The minimum absolute atomic E-state index is 0.00738. The van der Waals surface area contributed by atoms with Gasteiger partial charge in [0.15, 0.2) is 5.78 Å². The Morgan fingerprint density at radius 3 is 1.96 bits per heavy atom. The molecule has 0 aliphatic heterocycles. The number of nitrogens with zero attached hydrogens (tertiary/aromatic N) is 3. The van der Waals surface area contributed by atoms with E-state index in [1.165, 1.54) is 0 Å². The quantitative estimate of drug-likeness (QED) is 0.0867. The summed E-state index contributed by atoms with van der Waals surface area (Å²) in [6.07, 6.45) is 3.97. The Morgan fingerprint density at radius 2 is 1.33 bits per heavy atom. The number of aromatic nitrogens is 2. The van der Waals surface area contributed by atoms with Crippen LogP contribution in [0.25, 0.3) is 39.2 Å². The molecule has 248 valence electrons. The summed E-state index contributed by atoms with van der Waals surface area (Å²) < 4.78 is 29.4. The number of benzene rings is 3. The third kappa shape index (κ3) is 9.35. The van der Waals surface area contributed by atoms with Gasteiger partial charge in [0.25, 0.3) is 0 Å². The van der Waals surface area contributed by atoms with Crippen LogP contribution in [0.1, 0.15) is 22.8 Å². The SMILES string of the molecule is CC(=O)c1ccc(-c2cc(-c3ccccc3C#N)cn3cc(-c4ccc(OCCOCCOCCOCCOCCO)cc4)nc23)cc1. The molecule has 0 aliphatic rings. The second-order valence-corrected chi connectivity index (χ2v) is 10.8. The number of pyridine rings is 1. The van der Waals surface area contributed by atoms with Crippen LogP contribution in [0.2, 0.25) is 0 Å². The van der Waals surface area contributed by atoms with E-state index >= 15 is 0 Å². The van der Waals surface area contributed by atoms with Crippen molar-refractivity contribution in [2.24, 2.45) is 0 Å². The van der Waals surface area contributed by atoms with Crippen LogP contribution in [-0.2, 0) is 18.9 Å². The molecule has 2 heterocycles. The van der Waals surface area contributed by atoms with Crippen molar-refractivity contribution < 1.29 is 33.6 Å². The average Bonchev–Trinajstić information content (AvgIpc) is 3.56. The molecule has 2 aromatic heterocycles. The van der Waals surface area contributed by atoms with Gasteiger partial charge in [-0.15, -0.1) is 0 Å². The van der Waals surface area contributed by atoms with Crippen LogP contribution in [0.5, 0.6) is 5.75 Å². The fourth-order valence-corrected chi connectivity index (χ4v) is 5.08. The van der Waals surface area contributed by atoms with E-state index in [4.69, 9.17) is 33.8 Å². The molecular formula is C38H39N3O7. The van der Waals surface area contributed by atoms with Crippen molar-refractivity contribution >= 4 is 11.4 Å². The van der Waals surface area contributed by atoms with Gasteiger partial charge in [0.2, 0.25) is 0 Å². The molecule has 0 bridgehead atoms. The van der Waals surface area contributed by atoms with Crippen LogP contribution in [-0.4, -0.2) is 86.3 Å². The molecular weight excluding hydrogens is 610 g/mol. The zero-order valence-electron chi connectivity index (χ0n) is 27.0. The number of hydrogen-bond acceptors (Lipinski definition) is 9. The monoisotopic (exact) mass is 649 g/mol. The standard InChI is InChI=1S/C38H39N3O7/c1-28(43)29-6-8-30(9-7-29)36-24-33(35-5-3-2-4-32(35)25-39)26-41-27-37(40-38(36)41)31-10-12-34(13-11-31)48-23-22-47-21-20-46-19-18-45-17-16-44-15-14-42/h2-13,24,26-27,42H,14-23H2,1H3. The zero-order valence-corrected chi connectivity index (χ0v) is 27.0. The van der Waals surface area contributed by atoms with Gasteiger partial charge in [-0.25, -0.2) is 4.98 Å². The highest BCUT2D eigenvalue weighted by molar-refractivity contribution is 5.95. The Labute approximate surface area is 280 Å². The highest BCUT2D eigenvalue weighted by Gasteiger charge is 2.15. The summed E-state index contributed by atoms with van der Waals surface area (Å²) in [5.41, 5.74) is 7.23. The Morgan fingerprint density at radius 1 is 0.729 bits per heavy atom. The van der Waals surface area contributed by atoms with Crippen LogP contribution in [0.15, 0.2) is 91.3 Å². The van der Waals surface area contributed by atoms with Gasteiger partial charge in [-0.05, 0) is 48.9 Å². The number of aliphatic hydroxyl groups is 1. The molecule has 3 aromatic carbocycles. The number of carbonyl (C=O) groups is 1. The molecule has 1 N–H and O–H groups in total. The minimum atomic E-state index is 0.00738. The van der Waals surface area contributed by atoms with E-state index in [1.54, 1.807) is 6.92 Å². The number of imidazole rings is 1. The summed E-state index contributed by atoms with van der Waals surface area (Å²) in [5.74, 6) is 0.733. The van der Waals surface area contributed by atoms with E-state index in [0.29, 0.717) is 70.6 Å². The van der Waals surface area contributed by atoms with E-state index in [0.717, 1.165) is 44.9 Å². The predicted molar refractivity (Wildman–Crippen MR) is 182 cm³/mol. The second kappa shape index (κ2) is 17.9. The predicted octanol–water partition coefficient (Wildman–Crippen LogP) is 5.85. The topological polar surface area (TPSA) is 125 Å². The molecule has 0 atom stereocenters. The number of ketones is 1. The summed E-state index contributed by atoms with van der Waals surface area (Å²) in [6, 6.07) is 27.1. The number of hydrogen-bond donors (Lipinski definition) is 1. The Balaban J connectivity index is 1.19. The lowest BCUT2D eigenvalue weighted by molar-refractivity contribution is -0.00779. The molecule has 0 unspecified atom stereocenters. The molecule has 10 heteroatoms. The smallest absolute Gasteiger partial charge is 0.159 e. The fraction of sp³-hybridized carbons (Fsp3) is 0.289. The zero-order chi connectivity index (χ0) is 33.6. The van der Waals surface area contributed by atoms with Gasteiger partial charge in [-0.2, -0.15) is 5.26 Å². The molecule has 0 aliphatic carbocycles. The van der Waals surface area contributed by atoms with Crippen LogP contribution in [0.4, 0.5) is 0 Å². The highest BCUT2D eigenvalue weighted by Crippen LogP contribution is 2.33. The molecule has 0 saturated heterocycles. The van der Waals surface area contributed by atoms with Gasteiger partial charge in [0, 0.05) is 40.2 Å². The molecule has 0 saturated carbocycles. The average molecular weight is 650 g/mol. The number of nitriles is 1. The number of ether oxygens (including phenoxy) is 5. The third-order valence-electron chi connectivity index (χ3n) is 7.51. The first-order valence-corrected chi connectivity index (χ1v) is 15.9. The van der Waals surface area contributed by atoms with E-state index in [-0.39, 0.29) is 12.4 Å². The molecule has 48 heavy (non-hydrogen) atoms. The lowest BCUT2D eigenvalue weighted by atomic mass is 9.97. The highest BCUT2D eigenvalue weighted by atomic mass is 16.6. The van der Waals surface area contributed by atoms with Crippen molar-refractivity contribution in [2.75, 3.05) is 66.1 Å². The van der Waals surface area contributed by atoms with Crippen molar-refractivity contribution in [1.29, 1.82) is 5.26 Å². The van der Waals surface area contributed by atoms with Crippen LogP contribution >= 0.6 is 0 Å². The van der Waals surface area contributed by atoms with E-state index in [9.17, 15) is 10.1 Å². The number of fused-ring (bicyclic) bond motifs is 1. The fourth-order valence-electron chi connectivity index (χ4n) is 5.08. The number of carbonyl (C=O) groups excluding carboxylic acids is 1. The third-order valence-corrected chi connectivity index (χ3v) is 7.51. The van der Waals surface area contributed by atoms with Gasteiger partial charge in [-0.3, -0.25) is 4.79 Å². The van der Waals surface area contributed by atoms with Gasteiger partial charge >= 0.3 is 0 Å². The molecule has 0 radical (unpaired) electrons. The Hall–Kier alpha value is -4.89. The second-order valence-electron chi connectivity index (χ2n) is 10.8. The van der Waals surface area contributed by atoms with Crippen molar-refractivity contribution in [3.05, 3.63) is 102 Å². The molecule has 5 rings (SSSR count). The number of Topliss-reactive ketones (excluding diaryl/α,β-unsaturated/α-hetero) is 1. The number of aliphatic hydroxyl groups excluding tert-OH is 1. The summed E-state index contributed by atoms with van der Waals surface area (Å²) in [7, 11) is 0. The summed E-state index contributed by atoms with van der Waals surface area (Å²) in [4.78, 5) is 16.9. The number of rotatable bonds is 19. The largest absolute Gasteiger partial charge is 0.491 e. The normalized spacial score (nSPS) is 11.1. The maximum Gasteiger partial charge on any atom is 0.159 e. The van der Waals surface area contributed by atoms with Gasteiger partial charge in [0.05, 0.1) is 76.8 Å². The Bertz CT molecular complexity index is 1810. The molecule has 0 fully saturated rings.